The van der Waals surface area contributed by atoms with Gasteiger partial charge in [0.15, 0.2) is 0 Å². The summed E-state index contributed by atoms with van der Waals surface area (Å²) in [7, 11) is 1.98. The van der Waals surface area contributed by atoms with Crippen molar-refractivity contribution in [3.8, 4) is 0 Å². The second-order valence-corrected chi connectivity index (χ2v) is 1.78. The van der Waals surface area contributed by atoms with Crippen LogP contribution in [0.3, 0.4) is 0 Å². The van der Waals surface area contributed by atoms with Crippen molar-refractivity contribution < 1.29 is 0 Å². The van der Waals surface area contributed by atoms with Gasteiger partial charge >= 0.3 is 0 Å². The van der Waals surface area contributed by atoms with Crippen LogP contribution in [0, 0.1) is 0 Å². The Hall–Kier alpha value is -0.500. The second kappa shape index (κ2) is 3.50. The van der Waals surface area contributed by atoms with Crippen molar-refractivity contribution in [1.29, 1.82) is 0 Å². The summed E-state index contributed by atoms with van der Waals surface area (Å²) in [5.41, 5.74) is 6.30. The van der Waals surface area contributed by atoms with Gasteiger partial charge in [-0.1, -0.05) is 6.58 Å². The first-order chi connectivity index (χ1) is 3.72. The predicted molar refractivity (Wildman–Crippen MR) is 36.5 cm³/mol. The molecule has 0 aliphatic heterocycles. The van der Waals surface area contributed by atoms with Crippen molar-refractivity contribution in [3.05, 3.63) is 12.3 Å². The van der Waals surface area contributed by atoms with E-state index in [1.54, 1.807) is 0 Å². The molecule has 0 aromatic carbocycles. The van der Waals surface area contributed by atoms with E-state index in [1.165, 1.54) is 0 Å². The number of rotatable bonds is 3. The molecule has 0 unspecified atom stereocenters. The maximum atomic E-state index is 5.31. The highest BCUT2D eigenvalue weighted by Gasteiger charge is 1.92. The molecule has 0 atom stereocenters. The Morgan fingerprint density at radius 1 is 1.75 bits per heavy atom. The summed E-state index contributed by atoms with van der Waals surface area (Å²) < 4.78 is 0. The first-order valence-corrected chi connectivity index (χ1v) is 2.81. The molecular weight excluding hydrogens is 100 g/mol. The molecule has 0 amide bonds. The minimum atomic E-state index is 0.560. The zero-order chi connectivity index (χ0) is 6.57. The average molecular weight is 114 g/mol. The van der Waals surface area contributed by atoms with Crippen molar-refractivity contribution >= 4 is 0 Å². The molecule has 0 saturated carbocycles. The predicted octanol–water partition coefficient (Wildman–Crippen LogP) is 0.410. The van der Waals surface area contributed by atoms with Crippen LogP contribution in [0.2, 0.25) is 0 Å². The Balaban J connectivity index is 3.46. The zero-order valence-electron chi connectivity index (χ0n) is 5.65. The van der Waals surface area contributed by atoms with Gasteiger partial charge in [0.05, 0.1) is 0 Å². The van der Waals surface area contributed by atoms with Crippen LogP contribution in [0.5, 0.6) is 0 Å². The highest BCUT2D eigenvalue weighted by Crippen LogP contribution is 1.91. The monoisotopic (exact) mass is 114 g/mol. The maximum Gasteiger partial charge on any atom is 0.0324 e. The van der Waals surface area contributed by atoms with Crippen molar-refractivity contribution in [1.82, 2.24) is 4.90 Å². The van der Waals surface area contributed by atoms with E-state index in [9.17, 15) is 0 Å². The zero-order valence-corrected chi connectivity index (χ0v) is 5.65. The van der Waals surface area contributed by atoms with Crippen LogP contribution in [0.15, 0.2) is 12.3 Å². The van der Waals surface area contributed by atoms with Crippen molar-refractivity contribution in [2.45, 2.75) is 6.92 Å². The molecule has 2 nitrogen and oxygen atoms in total. The molecule has 2 heteroatoms. The largest absolute Gasteiger partial charge is 0.378 e. The van der Waals surface area contributed by atoms with Gasteiger partial charge in [-0.15, -0.1) is 0 Å². The fourth-order valence-electron chi connectivity index (χ4n) is 0.379. The lowest BCUT2D eigenvalue weighted by molar-refractivity contribution is 0.437. The summed E-state index contributed by atoms with van der Waals surface area (Å²) in [5.74, 6) is 0. The molecule has 0 saturated heterocycles. The number of hydrogen-bond acceptors (Lipinski definition) is 2. The Bertz CT molecular complexity index is 78.6. The van der Waals surface area contributed by atoms with Crippen molar-refractivity contribution in [3.63, 3.8) is 0 Å². The summed E-state index contributed by atoms with van der Waals surface area (Å²) in [6.07, 6.45) is 0. The molecule has 8 heavy (non-hydrogen) atoms. The third kappa shape index (κ3) is 1.98. The highest BCUT2D eigenvalue weighted by atomic mass is 15.1. The van der Waals surface area contributed by atoms with Gasteiger partial charge in [-0.25, -0.2) is 0 Å². The summed E-state index contributed by atoms with van der Waals surface area (Å²) in [6.45, 7) is 7.36. The van der Waals surface area contributed by atoms with Gasteiger partial charge in [-0.3, -0.25) is 0 Å². The van der Waals surface area contributed by atoms with E-state index in [4.69, 9.17) is 5.73 Å². The molecule has 0 aromatic heterocycles. The molecular formula is C6H14N2. The molecule has 48 valence electrons. The number of nitrogens with zero attached hydrogens (tertiary/aromatic N) is 1. The van der Waals surface area contributed by atoms with Crippen LogP contribution < -0.4 is 5.73 Å². The van der Waals surface area contributed by atoms with Crippen molar-refractivity contribution in [2.24, 2.45) is 5.73 Å². The molecule has 0 rings (SSSR count). The number of hydrogen-bond donors (Lipinski definition) is 1. The van der Waals surface area contributed by atoms with E-state index in [0.29, 0.717) is 6.54 Å². The quantitative estimate of drug-likeness (QED) is 0.576. The Morgan fingerprint density at radius 2 is 2.25 bits per heavy atom. The van der Waals surface area contributed by atoms with Crippen LogP contribution in [-0.4, -0.2) is 25.0 Å². The van der Waals surface area contributed by atoms with E-state index >= 15 is 0 Å². The maximum absolute atomic E-state index is 5.31. The summed E-state index contributed by atoms with van der Waals surface area (Å²) in [5, 5.41) is 0. The molecule has 0 spiro atoms. The Labute approximate surface area is 51.0 Å². The molecule has 0 aliphatic carbocycles. The van der Waals surface area contributed by atoms with E-state index in [1.807, 2.05) is 11.9 Å². The first-order valence-electron chi connectivity index (χ1n) is 2.81. The van der Waals surface area contributed by atoms with Crippen LogP contribution >= 0.6 is 0 Å². The fraction of sp³-hybridized carbons (Fsp3) is 0.667. The second-order valence-electron chi connectivity index (χ2n) is 1.78. The minimum Gasteiger partial charge on any atom is -0.378 e. The van der Waals surface area contributed by atoms with Gasteiger partial charge in [0.1, 0.15) is 0 Å². The van der Waals surface area contributed by atoms with Gasteiger partial charge in [0, 0.05) is 25.8 Å². The van der Waals surface area contributed by atoms with Gasteiger partial charge in [-0.2, -0.15) is 0 Å². The van der Waals surface area contributed by atoms with E-state index in [0.717, 1.165) is 12.2 Å². The summed E-state index contributed by atoms with van der Waals surface area (Å²) >= 11 is 0. The van der Waals surface area contributed by atoms with E-state index in [-0.39, 0.29) is 0 Å². The van der Waals surface area contributed by atoms with Gasteiger partial charge < -0.3 is 10.6 Å². The third-order valence-electron chi connectivity index (χ3n) is 1.25. The first kappa shape index (κ1) is 7.50. The normalized spacial score (nSPS) is 8.88. The summed E-state index contributed by atoms with van der Waals surface area (Å²) in [4.78, 5) is 2.03. The fourth-order valence-corrected chi connectivity index (χ4v) is 0.379. The third-order valence-corrected chi connectivity index (χ3v) is 1.25. The van der Waals surface area contributed by atoms with Gasteiger partial charge in [0.25, 0.3) is 0 Å². The molecule has 0 bridgehead atoms. The molecule has 0 aromatic rings. The highest BCUT2D eigenvalue weighted by molar-refractivity contribution is 4.92. The average Bonchev–Trinajstić information content (AvgIpc) is 1.84. The lowest BCUT2D eigenvalue weighted by Crippen LogP contribution is -2.21. The molecule has 0 aliphatic rings. The SMILES string of the molecule is C=C(CN)N(C)CC. The Morgan fingerprint density at radius 3 is 2.38 bits per heavy atom. The summed E-state index contributed by atoms with van der Waals surface area (Å²) in [6, 6.07) is 0. The minimum absolute atomic E-state index is 0.560. The molecule has 0 heterocycles. The van der Waals surface area contributed by atoms with E-state index < -0.39 is 0 Å². The van der Waals surface area contributed by atoms with E-state index in [2.05, 4.69) is 13.5 Å². The van der Waals surface area contributed by atoms with Crippen LogP contribution in [-0.2, 0) is 0 Å². The molecule has 0 radical (unpaired) electrons. The lowest BCUT2D eigenvalue weighted by Gasteiger charge is -2.17. The smallest absolute Gasteiger partial charge is 0.0324 e. The Kier molecular flexibility index (Phi) is 3.28. The number of likely N-dealkylation sites (N-methyl/N-ethyl adjacent to an activating group) is 1. The standard InChI is InChI=1S/C6H14N2/c1-4-8(3)6(2)5-7/h2,4-5,7H2,1,3H3. The van der Waals surface area contributed by atoms with Crippen molar-refractivity contribution in [2.75, 3.05) is 20.1 Å². The van der Waals surface area contributed by atoms with Gasteiger partial charge in [0.2, 0.25) is 0 Å². The molecule has 2 N–H and O–H groups in total. The number of nitrogens with two attached hydrogens (primary N) is 1. The molecule has 0 fully saturated rings. The van der Waals surface area contributed by atoms with Crippen LogP contribution in [0.25, 0.3) is 0 Å². The topological polar surface area (TPSA) is 29.3 Å². The van der Waals surface area contributed by atoms with Crippen LogP contribution in [0.4, 0.5) is 0 Å². The lowest BCUT2D eigenvalue weighted by atomic mass is 10.4. The van der Waals surface area contributed by atoms with Crippen LogP contribution in [0.1, 0.15) is 6.92 Å². The van der Waals surface area contributed by atoms with Gasteiger partial charge in [-0.05, 0) is 6.92 Å².